The van der Waals surface area contributed by atoms with Crippen LogP contribution in [0.5, 0.6) is 34.5 Å². The molecule has 0 saturated carbocycles. The third-order valence-corrected chi connectivity index (χ3v) is 3.26. The second-order valence-corrected chi connectivity index (χ2v) is 5.45. The van der Waals surface area contributed by atoms with Gasteiger partial charge in [0.25, 0.3) is 0 Å². The Hall–Kier alpha value is -3.33. The van der Waals surface area contributed by atoms with E-state index < -0.39 is 57.6 Å². The Morgan fingerprint density at radius 2 is 0.964 bits per heavy atom. The van der Waals surface area contributed by atoms with Gasteiger partial charge in [-0.3, -0.25) is 0 Å². The van der Waals surface area contributed by atoms with Gasteiger partial charge in [-0.1, -0.05) is 0 Å². The number of hydrogen-bond donors (Lipinski definition) is 6. The molecule has 11 heteroatoms. The van der Waals surface area contributed by atoms with E-state index in [9.17, 15) is 19.8 Å². The van der Waals surface area contributed by atoms with Crippen molar-refractivity contribution in [2.24, 2.45) is 0 Å². The number of hydrogen-bond acceptors (Lipinski definition) is 10. The molecule has 0 saturated heterocycles. The maximum atomic E-state index is 10.2. The van der Waals surface area contributed by atoms with Crippen LogP contribution in [0.3, 0.4) is 0 Å². The third kappa shape index (κ3) is 7.50. The van der Waals surface area contributed by atoms with Crippen molar-refractivity contribution in [1.29, 1.82) is 0 Å². The standard InChI is InChI=1S/2C7H6O5.C3H7.Ni/c2*8-4-1-3(7(11)12)2-5(9)6(4)10;1-3-2;/h2*1-2,8-10H,(H,11,12);1,3H2,2H3;/q;;;+2/p-2. The summed E-state index contributed by atoms with van der Waals surface area (Å²) in [5.74, 6) is -7.38. The van der Waals surface area contributed by atoms with Crippen molar-refractivity contribution < 1.29 is 65.9 Å². The number of carbonyl (C=O) groups is 2. The summed E-state index contributed by atoms with van der Waals surface area (Å²) in [7, 11) is 0. The topological polar surface area (TPSA) is 202 Å². The number of carboxylic acid groups (broad SMARTS) is 2. The van der Waals surface area contributed by atoms with Crippen molar-refractivity contribution in [2.45, 2.75) is 18.7 Å². The normalized spacial score (nSPS) is 9.36. The zero-order chi connectivity index (χ0) is 22.0. The van der Waals surface area contributed by atoms with Crippen molar-refractivity contribution in [3.63, 3.8) is 0 Å². The van der Waals surface area contributed by atoms with Crippen molar-refractivity contribution >= 4 is 11.9 Å². The minimum Gasteiger partial charge on any atom is -0.545 e. The predicted molar refractivity (Wildman–Crippen MR) is 86.6 cm³/mol. The quantitative estimate of drug-likeness (QED) is 0.272. The minimum absolute atomic E-state index is 0.400. The molecule has 10 nitrogen and oxygen atoms in total. The summed E-state index contributed by atoms with van der Waals surface area (Å²) < 4.78 is 0. The number of phenolic OH excluding ortho intramolecular Hbond substituents is 6. The van der Waals surface area contributed by atoms with E-state index in [1.165, 1.54) is 0 Å². The van der Waals surface area contributed by atoms with Crippen LogP contribution in [0.1, 0.15) is 34.1 Å². The van der Waals surface area contributed by atoms with E-state index >= 15 is 0 Å². The summed E-state index contributed by atoms with van der Waals surface area (Å²) in [6.07, 6.45) is 1.15. The molecule has 28 heavy (non-hydrogen) atoms. The summed E-state index contributed by atoms with van der Waals surface area (Å²) in [4.78, 5) is 20.4. The monoisotopic (exact) mass is 439 g/mol. The van der Waals surface area contributed by atoms with Crippen LogP contribution in [0.25, 0.3) is 0 Å². The first-order chi connectivity index (χ1) is 13.0. The minimum atomic E-state index is -1.54. The van der Waals surface area contributed by atoms with E-state index in [4.69, 9.17) is 30.6 Å². The number of phenols is 6. The summed E-state index contributed by atoms with van der Waals surface area (Å²) in [6.45, 7) is 2.09. The first kappa shape index (κ1) is 24.7. The van der Waals surface area contributed by atoms with E-state index in [1.54, 1.807) is 0 Å². The summed E-state index contributed by atoms with van der Waals surface area (Å²) >= 11 is 4.32. The fraction of sp³-hybridized carbons (Fsp3) is 0.176. The molecule has 0 radical (unpaired) electrons. The summed E-state index contributed by atoms with van der Waals surface area (Å²) in [6, 6.07) is 3.13. The zero-order valence-electron chi connectivity index (χ0n) is 14.4. The zero-order valence-corrected chi connectivity index (χ0v) is 15.3. The maximum absolute atomic E-state index is 10.2. The largest absolute Gasteiger partial charge is 0.545 e. The number of carboxylic acids is 2. The van der Waals surface area contributed by atoms with Crippen LogP contribution in [-0.2, 0) is 15.5 Å². The predicted octanol–water partition coefficient (Wildman–Crippen LogP) is -0.305. The Bertz CT molecular complexity index is 719. The van der Waals surface area contributed by atoms with E-state index in [1.807, 2.05) is 0 Å². The molecule has 0 spiro atoms. The number of carbonyl (C=O) groups excluding carboxylic acids is 2. The molecule has 0 amide bonds. The van der Waals surface area contributed by atoms with Gasteiger partial charge >= 0.3 is 34.2 Å². The van der Waals surface area contributed by atoms with Gasteiger partial charge in [0, 0.05) is 11.1 Å². The Balaban J connectivity index is 0.000000439. The first-order valence-electron chi connectivity index (χ1n) is 7.40. The molecule has 0 atom stereocenters. The van der Waals surface area contributed by atoms with Gasteiger partial charge in [0.15, 0.2) is 34.5 Å². The molecule has 6 N–H and O–H groups in total. The van der Waals surface area contributed by atoms with Crippen molar-refractivity contribution in [3.05, 3.63) is 35.4 Å². The van der Waals surface area contributed by atoms with Crippen LogP contribution < -0.4 is 10.2 Å². The molecule has 155 valence electrons. The van der Waals surface area contributed by atoms with Gasteiger partial charge in [-0.15, -0.1) is 0 Å². The second-order valence-electron chi connectivity index (χ2n) is 4.96. The Kier molecular flexibility index (Phi) is 10.0. The number of rotatable bonds is 3. The van der Waals surface area contributed by atoms with Gasteiger partial charge in [-0.05, 0) is 24.3 Å². The summed E-state index contributed by atoms with van der Waals surface area (Å²) in [5.41, 5.74) is -0.800. The molecule has 0 aromatic heterocycles. The van der Waals surface area contributed by atoms with E-state index in [2.05, 4.69) is 22.4 Å². The Labute approximate surface area is 166 Å². The van der Waals surface area contributed by atoms with Crippen LogP contribution >= 0.6 is 0 Å². The third-order valence-electron chi connectivity index (χ3n) is 2.77. The fourth-order valence-electron chi connectivity index (χ4n) is 1.44. The van der Waals surface area contributed by atoms with Crippen LogP contribution in [0.2, 0.25) is 5.39 Å². The molecule has 0 heterocycles. The van der Waals surface area contributed by atoms with Crippen LogP contribution in [0.4, 0.5) is 0 Å². The number of aromatic hydroxyl groups is 6. The first-order valence-corrected chi connectivity index (χ1v) is 8.10. The van der Waals surface area contributed by atoms with Crippen LogP contribution in [0, 0.1) is 0 Å². The number of aromatic carboxylic acids is 2. The van der Waals surface area contributed by atoms with E-state index in [0.29, 0.717) is 0 Å². The Morgan fingerprint density at radius 3 is 1.11 bits per heavy atom. The fourth-order valence-corrected chi connectivity index (χ4v) is 1.44. The SMILES string of the molecule is CC[CH2][Ni+2].O=C([O-])c1cc(O)c(O)c(O)c1.O=C([O-])c1cc(O)c(O)c(O)c1. The van der Waals surface area contributed by atoms with Gasteiger partial charge in [-0.25, -0.2) is 0 Å². The molecule has 2 aromatic rings. The van der Waals surface area contributed by atoms with Crippen LogP contribution in [-0.4, -0.2) is 42.6 Å². The molecular formula is C17H17NiO10. The molecule has 2 aromatic carbocycles. The van der Waals surface area contributed by atoms with Crippen molar-refractivity contribution in [3.8, 4) is 34.5 Å². The molecule has 0 unspecified atom stereocenters. The van der Waals surface area contributed by atoms with Crippen LogP contribution in [0.15, 0.2) is 24.3 Å². The molecule has 0 fully saturated rings. The molecule has 0 aliphatic heterocycles. The van der Waals surface area contributed by atoms with Gasteiger partial charge in [0.1, 0.15) is 0 Å². The molecule has 2 rings (SSSR count). The second kappa shape index (κ2) is 11.4. The van der Waals surface area contributed by atoms with Gasteiger partial charge in [0.05, 0.1) is 11.9 Å². The van der Waals surface area contributed by atoms with Gasteiger partial charge in [0.2, 0.25) is 0 Å². The summed E-state index contributed by atoms with van der Waals surface area (Å²) in [5, 5.41) is 74.3. The average molecular weight is 440 g/mol. The number of benzene rings is 2. The Morgan fingerprint density at radius 1 is 0.750 bits per heavy atom. The molecule has 0 bridgehead atoms. The smallest absolute Gasteiger partial charge is 0.200 e. The van der Waals surface area contributed by atoms with Crippen molar-refractivity contribution in [2.75, 3.05) is 0 Å². The van der Waals surface area contributed by atoms with Crippen molar-refractivity contribution in [1.82, 2.24) is 0 Å². The average Bonchev–Trinajstić information content (AvgIpc) is 2.63. The maximum Gasteiger partial charge on any atom is 0.200 e. The van der Waals surface area contributed by atoms with Gasteiger partial charge < -0.3 is 50.4 Å². The molecular weight excluding hydrogens is 423 g/mol. The molecule has 0 aliphatic rings. The van der Waals surface area contributed by atoms with E-state index in [0.717, 1.165) is 36.1 Å². The van der Waals surface area contributed by atoms with E-state index in [-0.39, 0.29) is 0 Å². The van der Waals surface area contributed by atoms with Gasteiger partial charge in [-0.2, -0.15) is 0 Å². The molecule has 0 aliphatic carbocycles.